The number of benzene rings is 1. The fraction of sp³-hybridized carbons (Fsp3) is 0.435. The molecule has 0 amide bonds. The number of rotatable bonds is 2. The van der Waals surface area contributed by atoms with Crippen LogP contribution in [0.5, 0.6) is 5.75 Å². The molecule has 7 N–H and O–H groups in total. The smallest absolute Gasteiger partial charge is 0.209 e. The number of Topliss-reactive ketones (excluding diaryl/α,β-unsaturated/α-hetero) is 3. The molecule has 0 saturated carbocycles. The van der Waals surface area contributed by atoms with Crippen LogP contribution in [-0.2, 0) is 9.59 Å². The molecule has 0 bridgehead atoms. The van der Waals surface area contributed by atoms with E-state index in [9.17, 15) is 39.9 Å². The molecular formula is C23H25IN2O8. The van der Waals surface area contributed by atoms with Crippen molar-refractivity contribution in [3.8, 4) is 5.75 Å². The molecule has 0 heterocycles. The van der Waals surface area contributed by atoms with Crippen molar-refractivity contribution in [2.45, 2.75) is 37.5 Å². The number of aliphatic hydroxyl groups is 4. The average Bonchev–Trinajstić information content (AvgIpc) is 2.73. The van der Waals surface area contributed by atoms with Crippen LogP contribution in [-0.4, -0.2) is 79.6 Å². The number of likely N-dealkylation sites (N-methyl/N-ethyl adjacent to an activating group) is 1. The fourth-order valence-electron chi connectivity index (χ4n) is 5.88. The van der Waals surface area contributed by atoms with Crippen molar-refractivity contribution in [3.63, 3.8) is 0 Å². The standard InChI is InChI=1S/C23H25IN2O8/c1-6-10-9(25)5-8(24)17(28)13(10)18(29)14-11(6)19(30)15-16(26(3)4)20(31)12(7(2)27)21(32)23(15,34)22(14)33/h5-6,11,15-16,19,28,30-31,33-34H,25H2,1-4H3/t6-,11+,15+,16-,19-,23+/m0/s1. The number of fused-ring (bicyclic) bond motifs is 3. The number of nitrogens with two attached hydrogens (primary N) is 1. The van der Waals surface area contributed by atoms with E-state index in [2.05, 4.69) is 0 Å². The first-order chi connectivity index (χ1) is 15.7. The van der Waals surface area contributed by atoms with Gasteiger partial charge in [0.05, 0.1) is 27.2 Å². The van der Waals surface area contributed by atoms with Gasteiger partial charge in [0.25, 0.3) is 0 Å². The molecule has 1 aromatic rings. The first kappa shape index (κ1) is 24.6. The monoisotopic (exact) mass is 584 g/mol. The van der Waals surface area contributed by atoms with Gasteiger partial charge in [-0.15, -0.1) is 0 Å². The van der Waals surface area contributed by atoms with E-state index < -0.39 is 75.5 Å². The summed E-state index contributed by atoms with van der Waals surface area (Å²) in [5, 5.41) is 56.0. The highest BCUT2D eigenvalue weighted by molar-refractivity contribution is 14.1. The van der Waals surface area contributed by atoms with E-state index in [1.54, 1.807) is 29.5 Å². The molecule has 11 heteroatoms. The lowest BCUT2D eigenvalue weighted by Gasteiger charge is -2.53. The summed E-state index contributed by atoms with van der Waals surface area (Å²) in [5.74, 6) is -8.38. The van der Waals surface area contributed by atoms with Gasteiger partial charge >= 0.3 is 0 Å². The Labute approximate surface area is 208 Å². The zero-order chi connectivity index (χ0) is 25.6. The number of nitrogens with zero attached hydrogens (tertiary/aromatic N) is 1. The van der Waals surface area contributed by atoms with E-state index in [4.69, 9.17) is 5.73 Å². The van der Waals surface area contributed by atoms with Crippen molar-refractivity contribution >= 4 is 45.6 Å². The fourth-order valence-corrected chi connectivity index (χ4v) is 6.49. The normalized spacial score (nSPS) is 33.1. The first-order valence-electron chi connectivity index (χ1n) is 10.5. The highest BCUT2D eigenvalue weighted by Crippen LogP contribution is 2.56. The zero-order valence-corrected chi connectivity index (χ0v) is 21.0. The van der Waals surface area contributed by atoms with E-state index in [-0.39, 0.29) is 26.1 Å². The van der Waals surface area contributed by atoms with Gasteiger partial charge in [-0.25, -0.2) is 0 Å². The van der Waals surface area contributed by atoms with Crippen molar-refractivity contribution in [2.75, 3.05) is 19.8 Å². The third-order valence-electron chi connectivity index (χ3n) is 7.32. The average molecular weight is 584 g/mol. The summed E-state index contributed by atoms with van der Waals surface area (Å²) in [6, 6.07) is 0.255. The summed E-state index contributed by atoms with van der Waals surface area (Å²) >= 11 is 1.80. The number of anilines is 1. The van der Waals surface area contributed by atoms with Gasteiger partial charge in [0.2, 0.25) is 5.78 Å². The Bertz CT molecular complexity index is 1240. The van der Waals surface area contributed by atoms with Crippen molar-refractivity contribution in [3.05, 3.63) is 43.4 Å². The summed E-state index contributed by atoms with van der Waals surface area (Å²) in [6.07, 6.45) is -1.61. The Balaban J connectivity index is 2.09. The molecule has 0 spiro atoms. The van der Waals surface area contributed by atoms with E-state index in [1.165, 1.54) is 25.1 Å². The molecule has 182 valence electrons. The molecule has 3 aliphatic rings. The number of aromatic hydroxyl groups is 1. The van der Waals surface area contributed by atoms with Crippen molar-refractivity contribution in [2.24, 2.45) is 11.8 Å². The maximum Gasteiger partial charge on any atom is 0.209 e. The van der Waals surface area contributed by atoms with Crippen molar-refractivity contribution in [1.29, 1.82) is 0 Å². The molecule has 10 nitrogen and oxygen atoms in total. The molecule has 1 aromatic carbocycles. The second-order valence-electron chi connectivity index (χ2n) is 9.33. The molecule has 34 heavy (non-hydrogen) atoms. The van der Waals surface area contributed by atoms with Crippen LogP contribution in [0, 0.1) is 15.4 Å². The maximum atomic E-state index is 13.6. The number of hydrogen-bond donors (Lipinski definition) is 6. The molecule has 6 atom stereocenters. The van der Waals surface area contributed by atoms with Gasteiger partial charge in [0.15, 0.2) is 17.2 Å². The summed E-state index contributed by atoms with van der Waals surface area (Å²) in [5.41, 5.74) is 2.47. The second-order valence-corrected chi connectivity index (χ2v) is 10.5. The number of ketones is 3. The lowest BCUT2D eigenvalue weighted by atomic mass is 9.55. The molecule has 0 aromatic heterocycles. The van der Waals surface area contributed by atoms with Crippen molar-refractivity contribution in [1.82, 2.24) is 4.90 Å². The molecule has 0 aliphatic heterocycles. The second kappa shape index (κ2) is 7.77. The summed E-state index contributed by atoms with van der Waals surface area (Å²) in [6.45, 7) is 2.67. The van der Waals surface area contributed by atoms with Gasteiger partial charge in [0, 0.05) is 17.2 Å². The Hall–Kier alpha value is -2.48. The van der Waals surface area contributed by atoms with E-state index in [1.807, 2.05) is 0 Å². The number of carbonyl (C=O) groups excluding carboxylic acids is 3. The van der Waals surface area contributed by atoms with E-state index >= 15 is 0 Å². The van der Waals surface area contributed by atoms with Crippen LogP contribution in [0.3, 0.4) is 0 Å². The number of hydrogen-bond acceptors (Lipinski definition) is 10. The molecule has 4 rings (SSSR count). The third-order valence-corrected chi connectivity index (χ3v) is 8.14. The predicted molar refractivity (Wildman–Crippen MR) is 128 cm³/mol. The predicted octanol–water partition coefficient (Wildman–Crippen LogP) is 0.943. The van der Waals surface area contributed by atoms with E-state index in [0.717, 1.165) is 6.92 Å². The quantitative estimate of drug-likeness (QED) is 0.127. The van der Waals surface area contributed by atoms with Crippen LogP contribution in [0.1, 0.15) is 35.7 Å². The number of phenolic OH excluding ortho intramolecular Hbond substituents is 1. The number of halogens is 1. The minimum atomic E-state index is -2.86. The topological polar surface area (TPSA) is 182 Å². The Morgan fingerprint density at radius 3 is 2.32 bits per heavy atom. The van der Waals surface area contributed by atoms with Gasteiger partial charge in [-0.05, 0) is 61.2 Å². The molecule has 0 saturated heterocycles. The Kier molecular flexibility index (Phi) is 5.63. The van der Waals surface area contributed by atoms with Gasteiger partial charge in [-0.3, -0.25) is 19.3 Å². The van der Waals surface area contributed by atoms with Crippen molar-refractivity contribution < 1.29 is 39.9 Å². The summed E-state index contributed by atoms with van der Waals surface area (Å²) in [7, 11) is 3.03. The first-order valence-corrected chi connectivity index (χ1v) is 11.6. The molecule has 0 unspecified atom stereocenters. The van der Waals surface area contributed by atoms with Gasteiger partial charge in [-0.1, -0.05) is 6.92 Å². The third kappa shape index (κ3) is 2.87. The number of nitrogen functional groups attached to an aromatic ring is 1. The molecule has 3 aliphatic carbocycles. The molecule has 0 radical (unpaired) electrons. The minimum absolute atomic E-state index is 0.179. The number of phenols is 1. The largest absolute Gasteiger partial charge is 0.510 e. The van der Waals surface area contributed by atoms with Crippen LogP contribution in [0.15, 0.2) is 28.7 Å². The maximum absolute atomic E-state index is 13.6. The van der Waals surface area contributed by atoms with Crippen LogP contribution >= 0.6 is 22.6 Å². The Morgan fingerprint density at radius 1 is 1.21 bits per heavy atom. The lowest BCUT2D eigenvalue weighted by molar-refractivity contribution is -0.162. The van der Waals surface area contributed by atoms with Crippen LogP contribution in [0.25, 0.3) is 0 Å². The summed E-state index contributed by atoms with van der Waals surface area (Å²) < 4.78 is 0.286. The van der Waals surface area contributed by atoms with Crippen LogP contribution < -0.4 is 5.73 Å². The molecular weight excluding hydrogens is 559 g/mol. The molecule has 0 fully saturated rings. The van der Waals surface area contributed by atoms with Crippen LogP contribution in [0.4, 0.5) is 5.69 Å². The zero-order valence-electron chi connectivity index (χ0n) is 18.8. The van der Waals surface area contributed by atoms with E-state index in [0.29, 0.717) is 0 Å². The minimum Gasteiger partial charge on any atom is -0.510 e. The van der Waals surface area contributed by atoms with Crippen LogP contribution in [0.2, 0.25) is 0 Å². The highest BCUT2D eigenvalue weighted by atomic mass is 127. The SMILES string of the molecule is CC(=O)C1=C(O)[C@@H](N(C)C)[C@@H]2[C@@H](O)[C@H]3C(=C(O)[C@]2(O)C1=O)C(=O)c1c(O)c(I)cc(N)c1[C@@H]3C. The highest BCUT2D eigenvalue weighted by Gasteiger charge is 2.67. The van der Waals surface area contributed by atoms with Gasteiger partial charge in [0.1, 0.15) is 22.8 Å². The van der Waals surface area contributed by atoms with Gasteiger partial charge < -0.3 is 31.3 Å². The van der Waals surface area contributed by atoms with Gasteiger partial charge in [-0.2, -0.15) is 0 Å². The summed E-state index contributed by atoms with van der Waals surface area (Å²) in [4.78, 5) is 40.6. The number of carbonyl (C=O) groups is 3. The number of aliphatic hydroxyl groups excluding tert-OH is 3. The lowest BCUT2D eigenvalue weighted by Crippen LogP contribution is -2.68. The Morgan fingerprint density at radius 2 is 1.79 bits per heavy atom.